The number of hydrogen-bond acceptors (Lipinski definition) is 4. The van der Waals surface area contributed by atoms with Gasteiger partial charge in [0.25, 0.3) is 0 Å². The van der Waals surface area contributed by atoms with Gasteiger partial charge in [-0.05, 0) is 19.3 Å². The van der Waals surface area contributed by atoms with Gasteiger partial charge in [-0.25, -0.2) is 4.99 Å². The summed E-state index contributed by atoms with van der Waals surface area (Å²) in [5, 5.41) is 0. The summed E-state index contributed by atoms with van der Waals surface area (Å²) in [6.07, 6.45) is 5.12. The first kappa shape index (κ1) is 15.5. The van der Waals surface area contributed by atoms with Gasteiger partial charge in [-0.1, -0.05) is 19.2 Å². The first-order valence-corrected chi connectivity index (χ1v) is 6.33. The van der Waals surface area contributed by atoms with E-state index < -0.39 is 0 Å². The second kappa shape index (κ2) is 8.64. The molecule has 0 aromatic heterocycles. The monoisotopic (exact) mass is 254 g/mol. The van der Waals surface area contributed by atoms with Crippen molar-refractivity contribution in [1.29, 1.82) is 0 Å². The van der Waals surface area contributed by atoms with E-state index in [2.05, 4.69) is 18.2 Å². The van der Waals surface area contributed by atoms with E-state index in [0.29, 0.717) is 12.3 Å². The summed E-state index contributed by atoms with van der Waals surface area (Å²) in [6, 6.07) is 0. The van der Waals surface area contributed by atoms with Crippen LogP contribution in [0.5, 0.6) is 0 Å². The Morgan fingerprint density at radius 1 is 1.47 bits per heavy atom. The molecule has 0 aromatic rings. The van der Waals surface area contributed by atoms with E-state index >= 15 is 0 Å². The van der Waals surface area contributed by atoms with Crippen molar-refractivity contribution in [3.05, 3.63) is 35.9 Å². The van der Waals surface area contributed by atoms with Gasteiger partial charge in [0.15, 0.2) is 0 Å². The van der Waals surface area contributed by atoms with Crippen molar-refractivity contribution in [2.24, 2.45) is 10.7 Å². The third-order valence-electron chi connectivity index (χ3n) is 1.75. The average molecular weight is 254 g/mol. The predicted octanol–water partition coefficient (Wildman–Crippen LogP) is 2.24. The Bertz CT molecular complexity index is 360. The molecule has 0 heterocycles. The van der Waals surface area contributed by atoms with E-state index in [0.717, 1.165) is 4.91 Å². The lowest BCUT2D eigenvalue weighted by Gasteiger charge is -2.04. The van der Waals surface area contributed by atoms with Crippen LogP contribution in [0.25, 0.3) is 0 Å². The van der Waals surface area contributed by atoms with E-state index in [1.807, 2.05) is 6.26 Å². The number of allylic oxidation sites excluding steroid dienone is 2. The predicted molar refractivity (Wildman–Crippen MR) is 73.8 cm³/mol. The Hall–Kier alpha value is -1.49. The van der Waals surface area contributed by atoms with E-state index in [1.54, 1.807) is 19.1 Å². The van der Waals surface area contributed by atoms with Crippen LogP contribution in [-0.2, 0) is 9.53 Å². The highest BCUT2D eigenvalue weighted by Crippen LogP contribution is 2.19. The Balaban J connectivity index is 4.85. The van der Waals surface area contributed by atoms with E-state index in [1.165, 1.54) is 11.8 Å². The van der Waals surface area contributed by atoms with Crippen LogP contribution in [0.1, 0.15) is 13.3 Å². The zero-order valence-corrected chi connectivity index (χ0v) is 11.0. The minimum absolute atomic E-state index is 0.0238. The van der Waals surface area contributed by atoms with Gasteiger partial charge in [0.05, 0.1) is 12.3 Å². The van der Waals surface area contributed by atoms with Crippen molar-refractivity contribution in [2.75, 3.05) is 12.9 Å². The molecule has 0 aliphatic heterocycles. The lowest BCUT2D eigenvalue weighted by molar-refractivity contribution is -0.141. The molecule has 0 saturated carbocycles. The quantitative estimate of drug-likeness (QED) is 0.327. The Morgan fingerprint density at radius 2 is 2.12 bits per heavy atom. The number of carbonyl (C=O) groups is 1. The van der Waals surface area contributed by atoms with Crippen LogP contribution >= 0.6 is 11.8 Å². The molecule has 5 heteroatoms. The molecule has 0 atom stereocenters. The molecule has 4 nitrogen and oxygen atoms in total. The number of carbonyl (C=O) groups excluding carboxylic acids is 1. The lowest BCUT2D eigenvalue weighted by Crippen LogP contribution is -2.19. The van der Waals surface area contributed by atoms with Gasteiger partial charge in [-0.15, -0.1) is 11.8 Å². The van der Waals surface area contributed by atoms with Crippen LogP contribution in [0, 0.1) is 0 Å². The van der Waals surface area contributed by atoms with E-state index in [4.69, 9.17) is 10.5 Å². The summed E-state index contributed by atoms with van der Waals surface area (Å²) in [4.78, 5) is 16.2. The van der Waals surface area contributed by atoms with Gasteiger partial charge in [0.2, 0.25) is 0 Å². The normalized spacial score (nSPS) is 12.7. The summed E-state index contributed by atoms with van der Waals surface area (Å²) < 4.78 is 4.77. The number of nitrogens with zero attached hydrogens (tertiary/aromatic N) is 1. The second-order valence-electron chi connectivity index (χ2n) is 2.95. The maximum Gasteiger partial charge on any atom is 0.313 e. The fourth-order valence-electron chi connectivity index (χ4n) is 1.05. The van der Waals surface area contributed by atoms with Crippen molar-refractivity contribution in [2.45, 2.75) is 13.3 Å². The first-order valence-electron chi connectivity index (χ1n) is 5.10. The third kappa shape index (κ3) is 5.97. The minimum atomic E-state index is -0.388. The Morgan fingerprint density at radius 3 is 2.53 bits per heavy atom. The maximum absolute atomic E-state index is 11.2. The molecule has 0 aromatic carbocycles. The Labute approximate surface area is 106 Å². The minimum Gasteiger partial charge on any atom is -0.466 e. The second-order valence-corrected chi connectivity index (χ2v) is 3.79. The molecule has 0 radical (unpaired) electrons. The summed E-state index contributed by atoms with van der Waals surface area (Å²) >= 11 is 1.49. The number of hydrogen-bond donors (Lipinski definition) is 1. The summed E-state index contributed by atoms with van der Waals surface area (Å²) in [5.41, 5.74) is 6.26. The van der Waals surface area contributed by atoms with Crippen LogP contribution in [0.3, 0.4) is 0 Å². The number of rotatable bonds is 7. The number of thioether (sulfide) groups is 1. The Kier molecular flexibility index (Phi) is 7.88. The number of esters is 1. The van der Waals surface area contributed by atoms with Crippen molar-refractivity contribution >= 4 is 23.6 Å². The molecule has 94 valence electrons. The van der Waals surface area contributed by atoms with Crippen LogP contribution in [0.4, 0.5) is 0 Å². The van der Waals surface area contributed by atoms with E-state index in [-0.39, 0.29) is 18.2 Å². The highest BCUT2D eigenvalue weighted by Gasteiger charge is 2.06. The lowest BCUT2D eigenvalue weighted by atomic mass is 10.3. The van der Waals surface area contributed by atoms with Crippen molar-refractivity contribution in [1.82, 2.24) is 0 Å². The number of nitrogens with two attached hydrogens (primary N) is 1. The number of amidine groups is 1. The van der Waals surface area contributed by atoms with Gasteiger partial charge in [0.1, 0.15) is 12.3 Å². The molecule has 17 heavy (non-hydrogen) atoms. The molecular formula is C12H18N2O2S. The van der Waals surface area contributed by atoms with Gasteiger partial charge < -0.3 is 10.5 Å². The van der Waals surface area contributed by atoms with Gasteiger partial charge in [-0.3, -0.25) is 4.79 Å². The van der Waals surface area contributed by atoms with Gasteiger partial charge >= 0.3 is 5.97 Å². The molecule has 0 unspecified atom stereocenters. The van der Waals surface area contributed by atoms with Gasteiger partial charge in [0, 0.05) is 4.91 Å². The van der Waals surface area contributed by atoms with E-state index in [9.17, 15) is 4.79 Å². The maximum atomic E-state index is 11.2. The van der Waals surface area contributed by atoms with Gasteiger partial charge in [-0.2, -0.15) is 0 Å². The fraction of sp³-hybridized carbons (Fsp3) is 0.333. The summed E-state index contributed by atoms with van der Waals surface area (Å²) in [6.45, 7) is 9.39. The molecular weight excluding hydrogens is 236 g/mol. The number of aliphatic imine (C=N–C) groups is 1. The molecule has 0 spiro atoms. The highest BCUT2D eigenvalue weighted by molar-refractivity contribution is 8.02. The van der Waals surface area contributed by atoms with Crippen molar-refractivity contribution in [3.63, 3.8) is 0 Å². The molecule has 0 rings (SSSR count). The highest BCUT2D eigenvalue weighted by atomic mass is 32.2. The summed E-state index contributed by atoms with van der Waals surface area (Å²) in [7, 11) is 0. The molecule has 0 aliphatic carbocycles. The third-order valence-corrected chi connectivity index (χ3v) is 2.56. The van der Waals surface area contributed by atoms with Crippen LogP contribution in [-0.4, -0.2) is 24.7 Å². The molecule has 0 amide bonds. The number of ether oxygens (including phenoxy) is 1. The zero-order valence-electron chi connectivity index (χ0n) is 10.2. The molecule has 0 saturated heterocycles. The fourth-order valence-corrected chi connectivity index (χ4v) is 1.55. The summed E-state index contributed by atoms with van der Waals surface area (Å²) in [5.74, 6) is -0.187. The van der Waals surface area contributed by atoms with Crippen LogP contribution in [0.2, 0.25) is 0 Å². The zero-order chi connectivity index (χ0) is 13.3. The molecule has 0 aliphatic rings. The largest absolute Gasteiger partial charge is 0.466 e. The van der Waals surface area contributed by atoms with Crippen molar-refractivity contribution < 1.29 is 9.53 Å². The smallest absolute Gasteiger partial charge is 0.313 e. The first-order chi connectivity index (χ1) is 8.08. The van der Waals surface area contributed by atoms with Crippen molar-refractivity contribution in [3.8, 4) is 0 Å². The van der Waals surface area contributed by atoms with Crippen LogP contribution < -0.4 is 5.73 Å². The average Bonchev–Trinajstić information content (AvgIpc) is 2.29. The SMILES string of the molecule is C=C/C(N=C(N)CC(=O)OCC)=C(\C=C)SC. The van der Waals surface area contributed by atoms with Crippen LogP contribution in [0.15, 0.2) is 40.9 Å². The topological polar surface area (TPSA) is 64.7 Å². The molecule has 2 N–H and O–H groups in total. The molecule has 0 bridgehead atoms. The standard InChI is InChI=1S/C12H18N2O2S/c1-5-9(10(6-2)17-4)14-11(13)8-12(15)16-7-3/h5-6H,1-2,7-8H2,3-4H3,(H2,13,14)/b10-9-. The molecule has 0 fully saturated rings.